The van der Waals surface area contributed by atoms with Crippen molar-refractivity contribution in [1.82, 2.24) is 20.1 Å². The quantitative estimate of drug-likeness (QED) is 0.869. The zero-order valence-corrected chi connectivity index (χ0v) is 9.71. The van der Waals surface area contributed by atoms with Crippen LogP contribution in [0.3, 0.4) is 0 Å². The van der Waals surface area contributed by atoms with Gasteiger partial charge < -0.3 is 5.32 Å². The molecule has 17 heavy (non-hydrogen) atoms. The van der Waals surface area contributed by atoms with Crippen molar-refractivity contribution in [3.05, 3.63) is 36.8 Å². The van der Waals surface area contributed by atoms with Crippen LogP contribution in [0.1, 0.15) is 12.8 Å². The minimum absolute atomic E-state index is 0.584. The maximum absolute atomic E-state index is 4.59. The van der Waals surface area contributed by atoms with E-state index in [1.807, 2.05) is 16.8 Å². The van der Waals surface area contributed by atoms with Gasteiger partial charge in [0.25, 0.3) is 0 Å². The first-order valence-corrected chi connectivity index (χ1v) is 6.09. The standard InChI is InChI=1S/C13H16N4/c1-2-12(15-6-1)10-17-9-5-13(16-17)11-3-7-14-8-4-11/h3-5,7-9,12,15H,1-2,6,10H2. The topological polar surface area (TPSA) is 42.7 Å². The van der Waals surface area contributed by atoms with Gasteiger partial charge in [-0.25, -0.2) is 0 Å². The van der Waals surface area contributed by atoms with Gasteiger partial charge in [-0.05, 0) is 37.6 Å². The molecule has 2 aromatic rings. The molecule has 0 saturated carbocycles. The van der Waals surface area contributed by atoms with Crippen molar-refractivity contribution in [3.63, 3.8) is 0 Å². The molecule has 3 rings (SSSR count). The van der Waals surface area contributed by atoms with Crippen molar-refractivity contribution in [2.45, 2.75) is 25.4 Å². The first-order valence-electron chi connectivity index (χ1n) is 6.09. The van der Waals surface area contributed by atoms with E-state index >= 15 is 0 Å². The molecule has 0 aromatic carbocycles. The molecule has 1 fully saturated rings. The smallest absolute Gasteiger partial charge is 0.0924 e. The molecule has 1 N–H and O–H groups in total. The third-order valence-corrected chi connectivity index (χ3v) is 3.19. The van der Waals surface area contributed by atoms with Gasteiger partial charge >= 0.3 is 0 Å². The van der Waals surface area contributed by atoms with E-state index in [-0.39, 0.29) is 0 Å². The molecule has 3 heterocycles. The molecule has 0 amide bonds. The third-order valence-electron chi connectivity index (χ3n) is 3.19. The molecular formula is C13H16N4. The van der Waals surface area contributed by atoms with E-state index in [0.29, 0.717) is 6.04 Å². The Morgan fingerprint density at radius 2 is 2.18 bits per heavy atom. The Hall–Kier alpha value is -1.68. The first kappa shape index (κ1) is 10.5. The van der Waals surface area contributed by atoms with Crippen LogP contribution in [-0.2, 0) is 6.54 Å². The fraction of sp³-hybridized carbons (Fsp3) is 0.385. The van der Waals surface area contributed by atoms with Crippen molar-refractivity contribution in [1.29, 1.82) is 0 Å². The maximum Gasteiger partial charge on any atom is 0.0924 e. The average molecular weight is 228 g/mol. The Kier molecular flexibility index (Phi) is 2.88. The molecule has 4 nitrogen and oxygen atoms in total. The predicted molar refractivity (Wildman–Crippen MR) is 66.5 cm³/mol. The Labute approximate surface area is 101 Å². The lowest BCUT2D eigenvalue weighted by molar-refractivity contribution is 0.477. The zero-order chi connectivity index (χ0) is 11.5. The van der Waals surface area contributed by atoms with Crippen molar-refractivity contribution >= 4 is 0 Å². The summed E-state index contributed by atoms with van der Waals surface area (Å²) in [6.45, 7) is 2.11. The summed E-state index contributed by atoms with van der Waals surface area (Å²) in [7, 11) is 0. The van der Waals surface area contributed by atoms with E-state index in [0.717, 1.165) is 24.3 Å². The number of hydrogen-bond donors (Lipinski definition) is 1. The molecule has 0 radical (unpaired) electrons. The summed E-state index contributed by atoms with van der Waals surface area (Å²) < 4.78 is 2.03. The molecule has 4 heteroatoms. The largest absolute Gasteiger partial charge is 0.312 e. The van der Waals surface area contributed by atoms with E-state index in [2.05, 4.69) is 27.7 Å². The van der Waals surface area contributed by atoms with Crippen LogP contribution in [0.25, 0.3) is 11.3 Å². The normalized spacial score (nSPS) is 19.6. The highest BCUT2D eigenvalue weighted by Gasteiger charge is 2.14. The van der Waals surface area contributed by atoms with Crippen molar-refractivity contribution in [3.8, 4) is 11.3 Å². The Morgan fingerprint density at radius 3 is 2.94 bits per heavy atom. The Bertz CT molecular complexity index is 471. The van der Waals surface area contributed by atoms with Crippen LogP contribution >= 0.6 is 0 Å². The monoisotopic (exact) mass is 228 g/mol. The van der Waals surface area contributed by atoms with Crippen LogP contribution in [0, 0.1) is 0 Å². The predicted octanol–water partition coefficient (Wildman–Crippen LogP) is 1.70. The summed E-state index contributed by atoms with van der Waals surface area (Å²) in [5, 5.41) is 8.08. The molecular weight excluding hydrogens is 212 g/mol. The van der Waals surface area contributed by atoms with Crippen LogP contribution in [0.2, 0.25) is 0 Å². The minimum Gasteiger partial charge on any atom is -0.312 e. The lowest BCUT2D eigenvalue weighted by Gasteiger charge is -2.09. The fourth-order valence-corrected chi connectivity index (χ4v) is 2.28. The van der Waals surface area contributed by atoms with E-state index in [1.54, 1.807) is 12.4 Å². The highest BCUT2D eigenvalue weighted by molar-refractivity contribution is 5.57. The fourth-order valence-electron chi connectivity index (χ4n) is 2.28. The van der Waals surface area contributed by atoms with Crippen molar-refractivity contribution < 1.29 is 0 Å². The molecule has 1 saturated heterocycles. The summed E-state index contributed by atoms with van der Waals surface area (Å²) in [5.41, 5.74) is 2.14. The lowest BCUT2D eigenvalue weighted by atomic mass is 10.2. The molecule has 1 aliphatic rings. The molecule has 2 aromatic heterocycles. The van der Waals surface area contributed by atoms with E-state index in [9.17, 15) is 0 Å². The van der Waals surface area contributed by atoms with Crippen LogP contribution in [0.15, 0.2) is 36.8 Å². The SMILES string of the molecule is c1cc(-c2ccn(CC3CCCN3)n2)ccn1. The summed E-state index contributed by atoms with van der Waals surface area (Å²) in [6, 6.07) is 6.62. The van der Waals surface area contributed by atoms with Crippen LogP contribution in [0.4, 0.5) is 0 Å². The third kappa shape index (κ3) is 2.36. The highest BCUT2D eigenvalue weighted by atomic mass is 15.3. The van der Waals surface area contributed by atoms with E-state index < -0.39 is 0 Å². The molecule has 1 atom stereocenters. The Balaban J connectivity index is 1.74. The summed E-state index contributed by atoms with van der Waals surface area (Å²) in [4.78, 5) is 4.02. The van der Waals surface area contributed by atoms with Gasteiger partial charge in [-0.1, -0.05) is 0 Å². The molecule has 1 aliphatic heterocycles. The molecule has 1 unspecified atom stereocenters. The van der Waals surface area contributed by atoms with Crippen LogP contribution in [-0.4, -0.2) is 27.4 Å². The van der Waals surface area contributed by atoms with Crippen LogP contribution in [0.5, 0.6) is 0 Å². The molecule has 0 bridgehead atoms. The van der Waals surface area contributed by atoms with Gasteiger partial charge in [-0.15, -0.1) is 0 Å². The van der Waals surface area contributed by atoms with E-state index in [1.165, 1.54) is 12.8 Å². The van der Waals surface area contributed by atoms with Gasteiger partial charge in [0.2, 0.25) is 0 Å². The van der Waals surface area contributed by atoms with Crippen LogP contribution < -0.4 is 5.32 Å². The minimum atomic E-state index is 0.584. The Morgan fingerprint density at radius 1 is 1.29 bits per heavy atom. The average Bonchev–Trinajstić information content (AvgIpc) is 3.02. The molecule has 0 spiro atoms. The highest BCUT2D eigenvalue weighted by Crippen LogP contribution is 2.16. The molecule has 0 aliphatic carbocycles. The number of nitrogens with one attached hydrogen (secondary N) is 1. The second kappa shape index (κ2) is 4.67. The van der Waals surface area contributed by atoms with Crippen molar-refractivity contribution in [2.75, 3.05) is 6.54 Å². The second-order valence-electron chi connectivity index (χ2n) is 4.45. The maximum atomic E-state index is 4.59. The van der Waals surface area contributed by atoms with Gasteiger partial charge in [0.1, 0.15) is 0 Å². The van der Waals surface area contributed by atoms with Gasteiger partial charge in [0, 0.05) is 30.2 Å². The number of nitrogens with zero attached hydrogens (tertiary/aromatic N) is 3. The lowest BCUT2D eigenvalue weighted by Crippen LogP contribution is -2.26. The van der Waals surface area contributed by atoms with Gasteiger partial charge in [0.05, 0.1) is 12.2 Å². The summed E-state index contributed by atoms with van der Waals surface area (Å²) in [5.74, 6) is 0. The molecule has 88 valence electrons. The summed E-state index contributed by atoms with van der Waals surface area (Å²) in [6.07, 6.45) is 8.18. The second-order valence-corrected chi connectivity index (χ2v) is 4.45. The number of pyridine rings is 1. The number of hydrogen-bond acceptors (Lipinski definition) is 3. The van der Waals surface area contributed by atoms with Gasteiger partial charge in [-0.3, -0.25) is 9.67 Å². The summed E-state index contributed by atoms with van der Waals surface area (Å²) >= 11 is 0. The number of aromatic nitrogens is 3. The first-order chi connectivity index (χ1) is 8.42. The van der Waals surface area contributed by atoms with Gasteiger partial charge in [0.15, 0.2) is 0 Å². The van der Waals surface area contributed by atoms with E-state index in [4.69, 9.17) is 0 Å². The van der Waals surface area contributed by atoms with Gasteiger partial charge in [-0.2, -0.15) is 5.10 Å². The zero-order valence-electron chi connectivity index (χ0n) is 9.71. The van der Waals surface area contributed by atoms with Crippen molar-refractivity contribution in [2.24, 2.45) is 0 Å². The number of rotatable bonds is 3.